The Morgan fingerprint density at radius 3 is 2.50 bits per heavy atom. The molecular formula is C16H22FNO2. The molecule has 3 nitrogen and oxygen atoms in total. The zero-order valence-electron chi connectivity index (χ0n) is 11.7. The fraction of sp³-hybridized carbons (Fsp3) is 0.625. The summed E-state index contributed by atoms with van der Waals surface area (Å²) in [5.74, 6) is 0.207. The molecule has 2 saturated heterocycles. The molecule has 1 N–H and O–H groups in total. The lowest BCUT2D eigenvalue weighted by Crippen LogP contribution is -2.43. The number of hydrogen-bond donors (Lipinski definition) is 1. The van der Waals surface area contributed by atoms with Crippen molar-refractivity contribution in [3.63, 3.8) is 0 Å². The van der Waals surface area contributed by atoms with Crippen LogP contribution in [0.15, 0.2) is 18.2 Å². The summed E-state index contributed by atoms with van der Waals surface area (Å²) in [6.45, 7) is 3.77. The van der Waals surface area contributed by atoms with Gasteiger partial charge >= 0.3 is 0 Å². The van der Waals surface area contributed by atoms with Gasteiger partial charge in [-0.15, -0.1) is 0 Å². The van der Waals surface area contributed by atoms with Crippen LogP contribution in [-0.4, -0.2) is 42.4 Å². The molecule has 0 unspecified atom stereocenters. The van der Waals surface area contributed by atoms with Crippen LogP contribution in [0.25, 0.3) is 0 Å². The number of aromatic hydroxyl groups is 1. The number of phenolic OH excluding ortho intramolecular Hbond substituents is 1. The highest BCUT2D eigenvalue weighted by Crippen LogP contribution is 2.33. The summed E-state index contributed by atoms with van der Waals surface area (Å²) in [7, 11) is 0. The van der Waals surface area contributed by atoms with Gasteiger partial charge in [-0.05, 0) is 68.5 Å². The molecule has 2 aliphatic heterocycles. The predicted molar refractivity (Wildman–Crippen MR) is 75.5 cm³/mol. The number of phenols is 1. The fourth-order valence-electron chi connectivity index (χ4n) is 3.47. The third-order valence-corrected chi connectivity index (χ3v) is 4.66. The lowest BCUT2D eigenvalue weighted by atomic mass is 9.88. The van der Waals surface area contributed by atoms with Crippen LogP contribution in [-0.2, 0) is 4.74 Å². The van der Waals surface area contributed by atoms with Crippen molar-refractivity contribution >= 4 is 0 Å². The maximum atomic E-state index is 13.9. The van der Waals surface area contributed by atoms with E-state index in [9.17, 15) is 9.50 Å². The summed E-state index contributed by atoms with van der Waals surface area (Å²) in [5.41, 5.74) is 0.677. The van der Waals surface area contributed by atoms with Crippen LogP contribution >= 0.6 is 0 Å². The van der Waals surface area contributed by atoms with Crippen LogP contribution in [0.4, 0.5) is 4.39 Å². The highest BCUT2D eigenvalue weighted by atomic mass is 19.1. The van der Waals surface area contributed by atoms with E-state index in [2.05, 4.69) is 4.90 Å². The van der Waals surface area contributed by atoms with Gasteiger partial charge < -0.3 is 14.7 Å². The molecule has 0 radical (unpaired) electrons. The Morgan fingerprint density at radius 1 is 1.10 bits per heavy atom. The van der Waals surface area contributed by atoms with Gasteiger partial charge in [-0.1, -0.05) is 0 Å². The number of rotatable bonds is 2. The van der Waals surface area contributed by atoms with Crippen LogP contribution in [0.2, 0.25) is 0 Å². The second-order valence-corrected chi connectivity index (χ2v) is 5.86. The van der Waals surface area contributed by atoms with Crippen molar-refractivity contribution in [3.05, 3.63) is 29.6 Å². The molecule has 0 aromatic heterocycles. The lowest BCUT2D eigenvalue weighted by Gasteiger charge is -2.39. The van der Waals surface area contributed by atoms with Gasteiger partial charge in [0.15, 0.2) is 0 Å². The number of nitrogens with zero attached hydrogens (tertiary/aromatic N) is 1. The van der Waals surface area contributed by atoms with E-state index in [0.29, 0.717) is 11.6 Å². The molecule has 1 aromatic carbocycles. The Morgan fingerprint density at radius 2 is 1.80 bits per heavy atom. The molecule has 3 rings (SSSR count). The van der Waals surface area contributed by atoms with Crippen LogP contribution in [0.1, 0.15) is 37.2 Å². The molecule has 2 aliphatic rings. The summed E-state index contributed by atoms with van der Waals surface area (Å²) >= 11 is 0. The maximum absolute atomic E-state index is 13.9. The molecule has 0 bridgehead atoms. The number of likely N-dealkylation sites (tertiary alicyclic amines) is 1. The van der Waals surface area contributed by atoms with Crippen LogP contribution < -0.4 is 0 Å². The molecule has 110 valence electrons. The van der Waals surface area contributed by atoms with E-state index >= 15 is 0 Å². The minimum atomic E-state index is -0.188. The monoisotopic (exact) mass is 279 g/mol. The van der Waals surface area contributed by atoms with Crippen LogP contribution in [0, 0.1) is 5.82 Å². The molecule has 0 saturated carbocycles. The van der Waals surface area contributed by atoms with Gasteiger partial charge in [-0.3, -0.25) is 0 Å². The van der Waals surface area contributed by atoms with Crippen molar-refractivity contribution in [3.8, 4) is 5.75 Å². The van der Waals surface area contributed by atoms with Gasteiger partial charge in [-0.25, -0.2) is 4.39 Å². The first-order valence-electron chi connectivity index (χ1n) is 7.54. The Balaban J connectivity index is 1.61. The van der Waals surface area contributed by atoms with E-state index in [1.54, 1.807) is 6.07 Å². The zero-order chi connectivity index (χ0) is 13.9. The van der Waals surface area contributed by atoms with Gasteiger partial charge in [0.2, 0.25) is 0 Å². The Hall–Kier alpha value is -1.13. The number of ether oxygens (including phenoxy) is 1. The molecule has 1 aromatic rings. The minimum absolute atomic E-state index is 0.160. The van der Waals surface area contributed by atoms with E-state index in [4.69, 9.17) is 4.74 Å². The van der Waals surface area contributed by atoms with E-state index in [1.807, 2.05) is 0 Å². The van der Waals surface area contributed by atoms with Crippen molar-refractivity contribution in [2.45, 2.75) is 37.6 Å². The zero-order valence-corrected chi connectivity index (χ0v) is 11.7. The van der Waals surface area contributed by atoms with Crippen LogP contribution in [0.3, 0.4) is 0 Å². The summed E-state index contributed by atoms with van der Waals surface area (Å²) in [6, 6.07) is 5.01. The molecule has 2 heterocycles. The quantitative estimate of drug-likeness (QED) is 0.903. The lowest BCUT2D eigenvalue weighted by molar-refractivity contribution is 0.0250. The summed E-state index contributed by atoms with van der Waals surface area (Å²) < 4.78 is 19.3. The third-order valence-electron chi connectivity index (χ3n) is 4.66. The van der Waals surface area contributed by atoms with Crippen molar-refractivity contribution in [2.75, 3.05) is 26.3 Å². The molecular weight excluding hydrogens is 257 g/mol. The van der Waals surface area contributed by atoms with E-state index < -0.39 is 0 Å². The molecule has 4 heteroatoms. The maximum Gasteiger partial charge on any atom is 0.126 e. The van der Waals surface area contributed by atoms with Gasteiger partial charge in [0, 0.05) is 19.3 Å². The first-order chi connectivity index (χ1) is 9.74. The number of halogens is 1. The topological polar surface area (TPSA) is 32.7 Å². The van der Waals surface area contributed by atoms with Crippen molar-refractivity contribution < 1.29 is 14.2 Å². The van der Waals surface area contributed by atoms with Crippen molar-refractivity contribution in [1.29, 1.82) is 0 Å². The molecule has 20 heavy (non-hydrogen) atoms. The smallest absolute Gasteiger partial charge is 0.126 e. The highest BCUT2D eigenvalue weighted by molar-refractivity contribution is 5.31. The highest BCUT2D eigenvalue weighted by Gasteiger charge is 2.28. The van der Waals surface area contributed by atoms with Gasteiger partial charge in [0.05, 0.1) is 0 Å². The van der Waals surface area contributed by atoms with Crippen molar-refractivity contribution in [2.24, 2.45) is 0 Å². The first-order valence-corrected chi connectivity index (χ1v) is 7.54. The van der Waals surface area contributed by atoms with Gasteiger partial charge in [0.25, 0.3) is 0 Å². The normalized spacial score (nSPS) is 23.1. The van der Waals surface area contributed by atoms with Gasteiger partial charge in [-0.2, -0.15) is 0 Å². The fourth-order valence-corrected chi connectivity index (χ4v) is 3.47. The van der Waals surface area contributed by atoms with Crippen molar-refractivity contribution in [1.82, 2.24) is 4.90 Å². The van der Waals surface area contributed by atoms with E-state index in [0.717, 1.165) is 52.0 Å². The molecule has 0 atom stereocenters. The number of piperidine rings is 1. The average molecular weight is 279 g/mol. The minimum Gasteiger partial charge on any atom is -0.508 e. The molecule has 2 fully saturated rings. The Bertz CT molecular complexity index is 452. The first kappa shape index (κ1) is 13.8. The average Bonchev–Trinajstić information content (AvgIpc) is 2.51. The van der Waals surface area contributed by atoms with Gasteiger partial charge in [0.1, 0.15) is 11.6 Å². The van der Waals surface area contributed by atoms with E-state index in [-0.39, 0.29) is 17.5 Å². The summed E-state index contributed by atoms with van der Waals surface area (Å²) in [4.78, 5) is 2.53. The molecule has 0 spiro atoms. The molecule has 0 aliphatic carbocycles. The second-order valence-electron chi connectivity index (χ2n) is 5.86. The Labute approximate surface area is 119 Å². The largest absolute Gasteiger partial charge is 0.508 e. The van der Waals surface area contributed by atoms with Crippen LogP contribution in [0.5, 0.6) is 5.75 Å². The van der Waals surface area contributed by atoms with E-state index in [1.165, 1.54) is 12.1 Å². The Kier molecular flexibility index (Phi) is 4.22. The summed E-state index contributed by atoms with van der Waals surface area (Å²) in [5, 5.41) is 9.53. The standard InChI is InChI=1S/C16H22FNO2/c17-16-2-1-14(19)11-15(16)12-3-7-18(8-4-12)13-5-9-20-10-6-13/h1-2,11-13,19H,3-10H2. The SMILES string of the molecule is Oc1ccc(F)c(C2CCN(C3CCOCC3)CC2)c1. The molecule has 0 amide bonds. The number of benzene rings is 1. The second kappa shape index (κ2) is 6.10. The number of hydrogen-bond acceptors (Lipinski definition) is 3. The summed E-state index contributed by atoms with van der Waals surface area (Å²) in [6.07, 6.45) is 4.17. The third kappa shape index (κ3) is 2.96. The predicted octanol–water partition coefficient (Wildman–Crippen LogP) is 2.89.